The molecule has 3 rings (SSSR count). The van der Waals surface area contributed by atoms with Gasteiger partial charge >= 0.3 is 0 Å². The summed E-state index contributed by atoms with van der Waals surface area (Å²) in [5.74, 6) is -0.792. The first-order valence-corrected chi connectivity index (χ1v) is 10.3. The zero-order valence-electron chi connectivity index (χ0n) is 14.5. The van der Waals surface area contributed by atoms with Gasteiger partial charge in [-0.2, -0.15) is 4.31 Å². The van der Waals surface area contributed by atoms with E-state index in [0.717, 1.165) is 4.90 Å². The number of carbonyl (C=O) groups is 1. The van der Waals surface area contributed by atoms with Crippen molar-refractivity contribution in [1.29, 1.82) is 0 Å². The van der Waals surface area contributed by atoms with Crippen LogP contribution in [-0.2, 0) is 14.8 Å². The number of benzene rings is 2. The van der Waals surface area contributed by atoms with E-state index in [1.165, 1.54) is 28.6 Å². The van der Waals surface area contributed by atoms with E-state index in [-0.39, 0.29) is 23.0 Å². The van der Waals surface area contributed by atoms with Gasteiger partial charge in [-0.3, -0.25) is 4.79 Å². The van der Waals surface area contributed by atoms with Crippen LogP contribution >= 0.6 is 11.6 Å². The summed E-state index contributed by atoms with van der Waals surface area (Å²) in [6.45, 7) is 1.74. The number of nitrogens with one attached hydrogen (secondary N) is 2. The molecule has 6 nitrogen and oxygen atoms in total. The Balaban J connectivity index is 1.56. The molecule has 2 aromatic rings. The molecule has 27 heavy (non-hydrogen) atoms. The lowest BCUT2D eigenvalue weighted by molar-refractivity contribution is -0.895. The predicted molar refractivity (Wildman–Crippen MR) is 101 cm³/mol. The maximum absolute atomic E-state index is 13.6. The molecule has 0 aromatic heterocycles. The van der Waals surface area contributed by atoms with Gasteiger partial charge in [-0.1, -0.05) is 29.8 Å². The van der Waals surface area contributed by atoms with Gasteiger partial charge in [-0.05, 0) is 30.3 Å². The molecule has 9 heteroatoms. The molecule has 0 aliphatic carbocycles. The molecule has 2 aromatic carbocycles. The first-order chi connectivity index (χ1) is 12.9. The largest absolute Gasteiger partial charge is 0.325 e. The van der Waals surface area contributed by atoms with Crippen LogP contribution in [0.5, 0.6) is 0 Å². The number of halogens is 2. The van der Waals surface area contributed by atoms with Crippen molar-refractivity contribution in [2.75, 3.05) is 38.0 Å². The molecule has 1 heterocycles. The number of para-hydroxylation sites is 1. The van der Waals surface area contributed by atoms with Crippen molar-refractivity contribution < 1.29 is 22.5 Å². The summed E-state index contributed by atoms with van der Waals surface area (Å²) in [5, 5.41) is 2.92. The Morgan fingerprint density at radius 3 is 2.52 bits per heavy atom. The SMILES string of the molecule is O=C(C[NH+]1CCN(S(=O)(=O)c2cccc(Cl)c2)CC1)Nc1ccccc1F. The van der Waals surface area contributed by atoms with Gasteiger partial charge in [0.25, 0.3) is 5.91 Å². The van der Waals surface area contributed by atoms with Crippen LogP contribution in [0.2, 0.25) is 5.02 Å². The number of amides is 1. The molecule has 1 saturated heterocycles. The minimum absolute atomic E-state index is 0.143. The normalized spacial score (nSPS) is 16.2. The van der Waals surface area contributed by atoms with Gasteiger partial charge in [0.05, 0.1) is 36.8 Å². The van der Waals surface area contributed by atoms with E-state index in [2.05, 4.69) is 5.32 Å². The topological polar surface area (TPSA) is 70.9 Å². The van der Waals surface area contributed by atoms with E-state index in [4.69, 9.17) is 11.6 Å². The summed E-state index contributed by atoms with van der Waals surface area (Å²) in [6, 6.07) is 12.1. The molecule has 0 unspecified atom stereocenters. The van der Waals surface area contributed by atoms with Crippen LogP contribution in [-0.4, -0.2) is 51.4 Å². The number of anilines is 1. The smallest absolute Gasteiger partial charge is 0.279 e. The summed E-state index contributed by atoms with van der Waals surface area (Å²) < 4.78 is 40.4. The molecule has 144 valence electrons. The van der Waals surface area contributed by atoms with Crippen molar-refractivity contribution >= 4 is 33.2 Å². The third kappa shape index (κ3) is 4.84. The second kappa shape index (κ2) is 8.35. The lowest BCUT2D eigenvalue weighted by Gasteiger charge is -2.31. The number of hydrogen-bond donors (Lipinski definition) is 2. The predicted octanol–water partition coefficient (Wildman–Crippen LogP) is 1.01. The van der Waals surface area contributed by atoms with Gasteiger partial charge < -0.3 is 10.2 Å². The highest BCUT2D eigenvalue weighted by Crippen LogP contribution is 2.19. The number of hydrogen-bond acceptors (Lipinski definition) is 3. The number of sulfonamides is 1. The zero-order chi connectivity index (χ0) is 19.4. The van der Waals surface area contributed by atoms with Crippen LogP contribution in [0.25, 0.3) is 0 Å². The average Bonchev–Trinajstić information content (AvgIpc) is 2.64. The Kier molecular flexibility index (Phi) is 6.11. The lowest BCUT2D eigenvalue weighted by Crippen LogP contribution is -3.15. The van der Waals surface area contributed by atoms with Gasteiger partial charge in [-0.15, -0.1) is 0 Å². The van der Waals surface area contributed by atoms with Crippen LogP contribution in [0.15, 0.2) is 53.4 Å². The van der Waals surface area contributed by atoms with Crippen molar-refractivity contribution in [1.82, 2.24) is 4.31 Å². The molecule has 1 aliphatic heterocycles. The van der Waals surface area contributed by atoms with Gasteiger partial charge in [0.2, 0.25) is 10.0 Å². The standard InChI is InChI=1S/C18H19ClFN3O3S/c19-14-4-3-5-15(12-14)27(25,26)23-10-8-22(9-11-23)13-18(24)21-17-7-2-1-6-16(17)20/h1-7,12H,8-11,13H2,(H,21,24)/p+1. The van der Waals surface area contributed by atoms with Crippen molar-refractivity contribution in [3.05, 3.63) is 59.4 Å². The molecule has 0 atom stereocenters. The number of rotatable bonds is 5. The summed E-state index contributed by atoms with van der Waals surface area (Å²) in [4.78, 5) is 13.2. The number of piperazine rings is 1. The molecule has 0 saturated carbocycles. The maximum atomic E-state index is 13.6. The fraction of sp³-hybridized carbons (Fsp3) is 0.278. The number of quaternary nitrogens is 1. The summed E-state index contributed by atoms with van der Waals surface area (Å²) in [7, 11) is -3.61. The molecular formula is C18H20ClFN3O3S+. The fourth-order valence-corrected chi connectivity index (χ4v) is 4.72. The Morgan fingerprint density at radius 2 is 1.85 bits per heavy atom. The van der Waals surface area contributed by atoms with Crippen LogP contribution in [0.4, 0.5) is 10.1 Å². The summed E-state index contributed by atoms with van der Waals surface area (Å²) in [6.07, 6.45) is 0. The van der Waals surface area contributed by atoms with E-state index >= 15 is 0 Å². The molecule has 0 bridgehead atoms. The van der Waals surface area contributed by atoms with Crippen LogP contribution in [0, 0.1) is 5.82 Å². The van der Waals surface area contributed by atoms with Gasteiger partial charge in [-0.25, -0.2) is 12.8 Å². The second-order valence-electron chi connectivity index (χ2n) is 6.32. The number of carbonyl (C=O) groups excluding carboxylic acids is 1. The molecule has 2 N–H and O–H groups in total. The summed E-state index contributed by atoms with van der Waals surface area (Å²) >= 11 is 5.89. The van der Waals surface area contributed by atoms with Gasteiger partial charge in [0, 0.05) is 5.02 Å². The first-order valence-electron chi connectivity index (χ1n) is 8.50. The quantitative estimate of drug-likeness (QED) is 0.770. The van der Waals surface area contributed by atoms with E-state index < -0.39 is 15.8 Å². The van der Waals surface area contributed by atoms with Crippen LogP contribution < -0.4 is 10.2 Å². The van der Waals surface area contributed by atoms with E-state index in [9.17, 15) is 17.6 Å². The number of nitrogens with zero attached hydrogens (tertiary/aromatic N) is 1. The van der Waals surface area contributed by atoms with Crippen molar-refractivity contribution in [2.24, 2.45) is 0 Å². The van der Waals surface area contributed by atoms with Crippen molar-refractivity contribution in [3.8, 4) is 0 Å². The second-order valence-corrected chi connectivity index (χ2v) is 8.69. The van der Waals surface area contributed by atoms with Crippen molar-refractivity contribution in [2.45, 2.75) is 4.90 Å². The molecule has 0 spiro atoms. The maximum Gasteiger partial charge on any atom is 0.279 e. The molecular weight excluding hydrogens is 393 g/mol. The van der Waals surface area contributed by atoms with E-state index in [0.29, 0.717) is 31.2 Å². The highest BCUT2D eigenvalue weighted by molar-refractivity contribution is 7.89. The van der Waals surface area contributed by atoms with Crippen LogP contribution in [0.1, 0.15) is 0 Å². The minimum Gasteiger partial charge on any atom is -0.325 e. The Labute approximate surface area is 162 Å². The van der Waals surface area contributed by atoms with Crippen LogP contribution in [0.3, 0.4) is 0 Å². The Morgan fingerprint density at radius 1 is 1.15 bits per heavy atom. The Bertz CT molecular complexity index is 931. The fourth-order valence-electron chi connectivity index (χ4n) is 2.98. The highest BCUT2D eigenvalue weighted by Gasteiger charge is 2.31. The third-order valence-electron chi connectivity index (χ3n) is 4.42. The molecule has 1 aliphatic rings. The third-order valence-corrected chi connectivity index (χ3v) is 6.55. The van der Waals surface area contributed by atoms with Crippen molar-refractivity contribution in [3.63, 3.8) is 0 Å². The Hall–Kier alpha value is -2.00. The van der Waals surface area contributed by atoms with Gasteiger partial charge in [0.1, 0.15) is 5.82 Å². The first kappa shape index (κ1) is 19.8. The van der Waals surface area contributed by atoms with E-state index in [1.807, 2.05) is 0 Å². The highest BCUT2D eigenvalue weighted by atomic mass is 35.5. The summed E-state index contributed by atoms with van der Waals surface area (Å²) in [5.41, 5.74) is 0.143. The molecule has 0 radical (unpaired) electrons. The molecule has 1 fully saturated rings. The zero-order valence-corrected chi connectivity index (χ0v) is 16.1. The minimum atomic E-state index is -3.61. The van der Waals surface area contributed by atoms with Gasteiger partial charge in [0.15, 0.2) is 6.54 Å². The average molecular weight is 413 g/mol. The van der Waals surface area contributed by atoms with E-state index in [1.54, 1.807) is 24.3 Å². The lowest BCUT2D eigenvalue weighted by atomic mass is 10.3. The monoisotopic (exact) mass is 412 g/mol. The molecule has 1 amide bonds.